The molecule has 0 unspecified atom stereocenters. The van der Waals surface area contributed by atoms with Crippen LogP contribution in [0.1, 0.15) is 22.8 Å². The lowest BCUT2D eigenvalue weighted by atomic mass is 10.1. The minimum Gasteiger partial charge on any atom is -0.353 e. The van der Waals surface area contributed by atoms with Gasteiger partial charge in [0.05, 0.1) is 11.3 Å². The number of fused-ring (bicyclic) bond motifs is 1. The van der Waals surface area contributed by atoms with Gasteiger partial charge in [0, 0.05) is 18.2 Å². The van der Waals surface area contributed by atoms with Crippen LogP contribution in [-0.2, 0) is 24.8 Å². The van der Waals surface area contributed by atoms with Crippen molar-refractivity contribution in [2.45, 2.75) is 16.0 Å². The van der Waals surface area contributed by atoms with Gasteiger partial charge in [-0.3, -0.25) is 14.3 Å². The Labute approximate surface area is 169 Å². The fourth-order valence-electron chi connectivity index (χ4n) is 2.54. The maximum absolute atomic E-state index is 15.0. The van der Waals surface area contributed by atoms with E-state index in [4.69, 9.17) is 0 Å². The molecule has 0 bridgehead atoms. The van der Waals surface area contributed by atoms with E-state index in [0.29, 0.717) is 6.54 Å². The standard InChI is InChI=1S/C16H14FN3O6S3/c1-2-18-12(21)6-5-9-10(19-29(25,26)13-4-3-7-27-13)8-11-14(15(9)17)16(22)20-28(11,23)24/h3-8,19H,2H2,1H3,(H,18,21)(H,20,22)/b6-5+. The third-order valence-electron chi connectivity index (χ3n) is 3.77. The van der Waals surface area contributed by atoms with Crippen molar-refractivity contribution in [3.8, 4) is 0 Å². The number of benzene rings is 1. The lowest BCUT2D eigenvalue weighted by molar-refractivity contribution is -0.116. The third kappa shape index (κ3) is 4.02. The zero-order valence-corrected chi connectivity index (χ0v) is 17.2. The SMILES string of the molecule is CCNC(=O)/C=C/c1c(NS(=O)(=O)c2cccs2)cc2c(c1F)C(=O)NS2(=O)=O. The summed E-state index contributed by atoms with van der Waals surface area (Å²) in [5.41, 5.74) is -1.64. The Balaban J connectivity index is 2.19. The van der Waals surface area contributed by atoms with E-state index >= 15 is 4.39 Å². The number of amides is 2. The first-order chi connectivity index (χ1) is 13.6. The van der Waals surface area contributed by atoms with Crippen LogP contribution in [0.2, 0.25) is 0 Å². The summed E-state index contributed by atoms with van der Waals surface area (Å²) >= 11 is 0.899. The van der Waals surface area contributed by atoms with E-state index in [1.807, 2.05) is 0 Å². The van der Waals surface area contributed by atoms with Crippen molar-refractivity contribution in [3.05, 3.63) is 46.6 Å². The molecule has 0 spiro atoms. The summed E-state index contributed by atoms with van der Waals surface area (Å²) in [5, 5.41) is 3.95. The van der Waals surface area contributed by atoms with Gasteiger partial charge in [-0.25, -0.2) is 25.9 Å². The maximum atomic E-state index is 15.0. The fourth-order valence-corrected chi connectivity index (χ4v) is 5.79. The molecule has 3 N–H and O–H groups in total. The average Bonchev–Trinajstić information content (AvgIpc) is 3.22. The molecule has 0 saturated heterocycles. The van der Waals surface area contributed by atoms with E-state index in [0.717, 1.165) is 29.6 Å². The van der Waals surface area contributed by atoms with Crippen LogP contribution < -0.4 is 14.8 Å². The van der Waals surface area contributed by atoms with E-state index < -0.39 is 59.4 Å². The van der Waals surface area contributed by atoms with Gasteiger partial charge < -0.3 is 5.32 Å². The molecular weight excluding hydrogens is 445 g/mol. The molecule has 1 aromatic heterocycles. The van der Waals surface area contributed by atoms with Gasteiger partial charge in [-0.2, -0.15) is 0 Å². The fraction of sp³-hybridized carbons (Fsp3) is 0.125. The molecule has 2 aromatic rings. The number of rotatable bonds is 6. The molecule has 13 heteroatoms. The Morgan fingerprint density at radius 2 is 2.10 bits per heavy atom. The molecule has 0 saturated carbocycles. The van der Waals surface area contributed by atoms with Gasteiger partial charge in [-0.05, 0) is 30.5 Å². The van der Waals surface area contributed by atoms with Crippen molar-refractivity contribution in [3.63, 3.8) is 0 Å². The Kier molecular flexibility index (Phi) is 5.47. The molecule has 1 aliphatic heterocycles. The number of nitrogens with one attached hydrogen (secondary N) is 3. The summed E-state index contributed by atoms with van der Waals surface area (Å²) < 4.78 is 67.9. The van der Waals surface area contributed by atoms with Crippen LogP contribution in [-0.4, -0.2) is 35.2 Å². The normalized spacial score (nSPS) is 15.2. The molecule has 0 atom stereocenters. The minimum atomic E-state index is -4.34. The molecule has 1 aromatic carbocycles. The lowest BCUT2D eigenvalue weighted by Crippen LogP contribution is -2.21. The van der Waals surface area contributed by atoms with Gasteiger partial charge >= 0.3 is 0 Å². The van der Waals surface area contributed by atoms with Crippen LogP contribution in [0.25, 0.3) is 6.08 Å². The maximum Gasteiger partial charge on any atom is 0.271 e. The highest BCUT2D eigenvalue weighted by Gasteiger charge is 2.38. The van der Waals surface area contributed by atoms with E-state index in [1.54, 1.807) is 11.6 Å². The average molecular weight is 460 g/mol. The van der Waals surface area contributed by atoms with Gasteiger partial charge in [0.1, 0.15) is 14.9 Å². The number of hydrogen-bond donors (Lipinski definition) is 3. The van der Waals surface area contributed by atoms with E-state index in [9.17, 15) is 26.4 Å². The second-order valence-electron chi connectivity index (χ2n) is 5.73. The molecular formula is C16H14FN3O6S3. The van der Waals surface area contributed by atoms with Crippen LogP contribution >= 0.6 is 11.3 Å². The summed E-state index contributed by atoms with van der Waals surface area (Å²) in [5.74, 6) is -3.04. The predicted molar refractivity (Wildman–Crippen MR) is 104 cm³/mol. The van der Waals surface area contributed by atoms with Gasteiger partial charge in [-0.1, -0.05) is 6.07 Å². The van der Waals surface area contributed by atoms with Crippen LogP contribution in [0.5, 0.6) is 0 Å². The number of thiophene rings is 1. The first kappa shape index (κ1) is 21.0. The van der Waals surface area contributed by atoms with Gasteiger partial charge in [0.2, 0.25) is 5.91 Å². The first-order valence-corrected chi connectivity index (χ1v) is 11.9. The number of anilines is 1. The number of sulfonamides is 2. The predicted octanol–water partition coefficient (Wildman–Crippen LogP) is 1.27. The monoisotopic (exact) mass is 459 g/mol. The Morgan fingerprint density at radius 1 is 1.38 bits per heavy atom. The quantitative estimate of drug-likeness (QED) is 0.556. The van der Waals surface area contributed by atoms with Crippen molar-refractivity contribution in [1.29, 1.82) is 0 Å². The molecule has 2 heterocycles. The van der Waals surface area contributed by atoms with Gasteiger partial charge in [0.15, 0.2) is 0 Å². The number of likely N-dealkylation sites (N-methyl/N-ethyl adjacent to an activating group) is 1. The van der Waals surface area contributed by atoms with Crippen LogP contribution in [0.3, 0.4) is 0 Å². The molecule has 154 valence electrons. The van der Waals surface area contributed by atoms with Crippen LogP contribution in [0.15, 0.2) is 38.8 Å². The number of halogens is 1. The Hall–Kier alpha value is -2.77. The molecule has 0 fully saturated rings. The van der Waals surface area contributed by atoms with Crippen molar-refractivity contribution < 1.29 is 30.8 Å². The van der Waals surface area contributed by atoms with Crippen LogP contribution in [0, 0.1) is 5.82 Å². The second-order valence-corrected chi connectivity index (χ2v) is 10.2. The summed E-state index contributed by atoms with van der Waals surface area (Å²) in [7, 11) is -8.50. The van der Waals surface area contributed by atoms with Crippen LogP contribution in [0.4, 0.5) is 10.1 Å². The zero-order valence-electron chi connectivity index (χ0n) is 14.7. The summed E-state index contributed by atoms with van der Waals surface area (Å²) in [6.07, 6.45) is 1.91. The van der Waals surface area contributed by atoms with Crippen molar-refractivity contribution in [2.75, 3.05) is 11.3 Å². The zero-order chi connectivity index (χ0) is 21.4. The molecule has 2 amide bonds. The van der Waals surface area contributed by atoms with E-state index in [1.165, 1.54) is 17.5 Å². The highest BCUT2D eigenvalue weighted by Crippen LogP contribution is 2.34. The lowest BCUT2D eigenvalue weighted by Gasteiger charge is -2.12. The summed E-state index contributed by atoms with van der Waals surface area (Å²) in [6, 6.07) is 3.64. The Morgan fingerprint density at radius 3 is 2.72 bits per heavy atom. The van der Waals surface area contributed by atoms with Crippen molar-refractivity contribution in [2.24, 2.45) is 0 Å². The van der Waals surface area contributed by atoms with E-state index in [-0.39, 0.29) is 4.21 Å². The van der Waals surface area contributed by atoms with Crippen molar-refractivity contribution >= 4 is 55.0 Å². The second kappa shape index (κ2) is 7.57. The number of carbonyl (C=O) groups excluding carboxylic acids is 2. The van der Waals surface area contributed by atoms with E-state index in [2.05, 4.69) is 10.0 Å². The van der Waals surface area contributed by atoms with Gasteiger partial charge in [-0.15, -0.1) is 11.3 Å². The summed E-state index contributed by atoms with van der Waals surface area (Å²) in [6.45, 7) is 1.96. The smallest absolute Gasteiger partial charge is 0.271 e. The molecule has 0 aliphatic carbocycles. The molecule has 3 rings (SSSR count). The topological polar surface area (TPSA) is 139 Å². The minimum absolute atomic E-state index is 0.0888. The molecule has 0 radical (unpaired) electrons. The third-order valence-corrected chi connectivity index (χ3v) is 7.89. The first-order valence-electron chi connectivity index (χ1n) is 8.02. The molecule has 1 aliphatic rings. The molecule has 9 nitrogen and oxygen atoms in total. The van der Waals surface area contributed by atoms with Crippen molar-refractivity contribution in [1.82, 2.24) is 10.0 Å². The highest BCUT2D eigenvalue weighted by molar-refractivity contribution is 7.94. The number of carbonyl (C=O) groups is 2. The van der Waals surface area contributed by atoms with Gasteiger partial charge in [0.25, 0.3) is 26.0 Å². The highest BCUT2D eigenvalue weighted by atomic mass is 32.2. The molecule has 29 heavy (non-hydrogen) atoms. The summed E-state index contributed by atoms with van der Waals surface area (Å²) in [4.78, 5) is 22.9. The number of hydrogen-bond acceptors (Lipinski definition) is 7. The Bertz CT molecular complexity index is 1240. The largest absolute Gasteiger partial charge is 0.353 e.